The molecule has 2 heterocycles. The maximum absolute atomic E-state index is 12.9. The van der Waals surface area contributed by atoms with E-state index in [2.05, 4.69) is 18.9 Å². The molecule has 1 aliphatic heterocycles. The minimum Gasteiger partial charge on any atom is -0.479 e. The molecular formula is C17H25N3O4. The van der Waals surface area contributed by atoms with Gasteiger partial charge >= 0.3 is 5.97 Å². The van der Waals surface area contributed by atoms with E-state index in [1.807, 2.05) is 4.68 Å². The summed E-state index contributed by atoms with van der Waals surface area (Å²) in [7, 11) is 0. The molecule has 0 spiro atoms. The molecule has 1 atom stereocenters. The first-order valence-corrected chi connectivity index (χ1v) is 8.70. The highest BCUT2D eigenvalue weighted by Gasteiger charge is 2.42. The van der Waals surface area contributed by atoms with Gasteiger partial charge in [-0.3, -0.25) is 9.48 Å². The number of carboxylic acids is 1. The fourth-order valence-corrected chi connectivity index (χ4v) is 3.29. The third-order valence-electron chi connectivity index (χ3n) is 5.31. The predicted octanol–water partition coefficient (Wildman–Crippen LogP) is 1.78. The van der Waals surface area contributed by atoms with E-state index in [0.29, 0.717) is 11.5 Å². The lowest BCUT2D eigenvalue weighted by Crippen LogP contribution is -2.50. The van der Waals surface area contributed by atoms with Gasteiger partial charge in [-0.2, -0.15) is 5.10 Å². The van der Waals surface area contributed by atoms with Gasteiger partial charge in [-0.05, 0) is 26.2 Å². The van der Waals surface area contributed by atoms with Crippen LogP contribution in [0.2, 0.25) is 0 Å². The normalized spacial score (nSPS) is 21.5. The van der Waals surface area contributed by atoms with Crippen molar-refractivity contribution in [2.75, 3.05) is 13.1 Å². The van der Waals surface area contributed by atoms with Gasteiger partial charge < -0.3 is 15.1 Å². The molecule has 7 nitrogen and oxygen atoms in total. The van der Waals surface area contributed by atoms with E-state index in [1.165, 1.54) is 0 Å². The van der Waals surface area contributed by atoms with Gasteiger partial charge in [0.15, 0.2) is 5.60 Å². The molecule has 3 rings (SSSR count). The Balaban J connectivity index is 1.79. The Morgan fingerprint density at radius 1 is 1.38 bits per heavy atom. The Hall–Kier alpha value is -1.89. The number of aliphatic hydroxyl groups is 1. The van der Waals surface area contributed by atoms with Gasteiger partial charge in [-0.1, -0.05) is 6.92 Å². The Morgan fingerprint density at radius 3 is 2.50 bits per heavy atom. The van der Waals surface area contributed by atoms with Crippen LogP contribution < -0.4 is 0 Å². The fourth-order valence-electron chi connectivity index (χ4n) is 3.29. The van der Waals surface area contributed by atoms with Gasteiger partial charge in [0, 0.05) is 37.9 Å². The average Bonchev–Trinajstić information content (AvgIpc) is 3.32. The van der Waals surface area contributed by atoms with Crippen molar-refractivity contribution in [3.63, 3.8) is 0 Å². The molecule has 0 aromatic carbocycles. The zero-order valence-corrected chi connectivity index (χ0v) is 14.2. The molecule has 132 valence electrons. The maximum Gasteiger partial charge on any atom is 0.335 e. The van der Waals surface area contributed by atoms with Crippen LogP contribution in [0.25, 0.3) is 0 Å². The van der Waals surface area contributed by atoms with Crippen molar-refractivity contribution >= 4 is 11.9 Å². The topological polar surface area (TPSA) is 95.7 Å². The number of carbonyl (C=O) groups is 2. The molecule has 2 N–H and O–H groups in total. The summed E-state index contributed by atoms with van der Waals surface area (Å²) in [4.78, 5) is 25.7. The second-order valence-electron chi connectivity index (χ2n) is 7.05. The van der Waals surface area contributed by atoms with E-state index in [0.717, 1.165) is 25.0 Å². The Kier molecular flexibility index (Phi) is 4.38. The fraction of sp³-hybridized carbons (Fsp3) is 0.706. The van der Waals surface area contributed by atoms with E-state index in [-0.39, 0.29) is 37.9 Å². The van der Waals surface area contributed by atoms with Crippen LogP contribution in [0.4, 0.5) is 0 Å². The average molecular weight is 335 g/mol. The number of piperidine rings is 1. The summed E-state index contributed by atoms with van der Waals surface area (Å²) >= 11 is 0. The Labute approximate surface area is 141 Å². The quantitative estimate of drug-likeness (QED) is 0.855. The molecule has 7 heteroatoms. The van der Waals surface area contributed by atoms with E-state index < -0.39 is 11.6 Å². The number of carboxylic acid groups (broad SMARTS) is 1. The van der Waals surface area contributed by atoms with Crippen molar-refractivity contribution in [2.24, 2.45) is 0 Å². The second-order valence-corrected chi connectivity index (χ2v) is 7.05. The first kappa shape index (κ1) is 17.0. The molecule has 2 aliphatic rings. The minimum atomic E-state index is -1.71. The van der Waals surface area contributed by atoms with Gasteiger partial charge in [0.1, 0.15) is 0 Å². The van der Waals surface area contributed by atoms with Gasteiger partial charge in [-0.25, -0.2) is 4.79 Å². The minimum absolute atomic E-state index is 0.0618. The van der Waals surface area contributed by atoms with Crippen molar-refractivity contribution in [1.29, 1.82) is 0 Å². The highest BCUT2D eigenvalue weighted by molar-refractivity contribution is 5.95. The monoisotopic (exact) mass is 335 g/mol. The molecule has 1 amide bonds. The van der Waals surface area contributed by atoms with Crippen LogP contribution in [0.15, 0.2) is 6.20 Å². The smallest absolute Gasteiger partial charge is 0.335 e. The van der Waals surface area contributed by atoms with Crippen LogP contribution in [-0.4, -0.2) is 55.5 Å². The van der Waals surface area contributed by atoms with Crippen LogP contribution in [0.3, 0.4) is 0 Å². The summed E-state index contributed by atoms with van der Waals surface area (Å²) in [5.41, 5.74) is -0.0521. The zero-order valence-electron chi connectivity index (χ0n) is 14.2. The van der Waals surface area contributed by atoms with Gasteiger partial charge in [0.05, 0.1) is 17.5 Å². The zero-order chi connectivity index (χ0) is 17.5. The van der Waals surface area contributed by atoms with Gasteiger partial charge in [-0.15, -0.1) is 0 Å². The number of nitrogens with zero attached hydrogens (tertiary/aromatic N) is 3. The highest BCUT2D eigenvalue weighted by atomic mass is 16.4. The third kappa shape index (κ3) is 2.92. The predicted molar refractivity (Wildman–Crippen MR) is 86.9 cm³/mol. The summed E-state index contributed by atoms with van der Waals surface area (Å²) in [6, 6.07) is 0.251. The van der Waals surface area contributed by atoms with E-state index >= 15 is 0 Å². The molecule has 0 bridgehead atoms. The van der Waals surface area contributed by atoms with E-state index in [4.69, 9.17) is 5.11 Å². The molecule has 1 saturated carbocycles. The SMILES string of the molecule is CCC(C)n1ncc(C(=O)N2CCC(O)(C(=O)O)CC2)c1C1CC1. The lowest BCUT2D eigenvalue weighted by Gasteiger charge is -2.35. The maximum atomic E-state index is 12.9. The van der Waals surface area contributed by atoms with Gasteiger partial charge in [0.25, 0.3) is 5.91 Å². The first-order valence-electron chi connectivity index (χ1n) is 8.70. The molecule has 1 aromatic heterocycles. The van der Waals surface area contributed by atoms with Crippen molar-refractivity contribution in [3.8, 4) is 0 Å². The number of aliphatic carboxylic acids is 1. The summed E-state index contributed by atoms with van der Waals surface area (Å²) in [5.74, 6) is -0.905. The number of rotatable bonds is 5. The molecule has 24 heavy (non-hydrogen) atoms. The van der Waals surface area contributed by atoms with Crippen LogP contribution in [0, 0.1) is 0 Å². The molecule has 1 saturated heterocycles. The molecule has 0 radical (unpaired) electrons. The van der Waals surface area contributed by atoms with Crippen molar-refractivity contribution in [1.82, 2.24) is 14.7 Å². The number of amides is 1. The van der Waals surface area contributed by atoms with Crippen molar-refractivity contribution in [2.45, 2.75) is 63.5 Å². The van der Waals surface area contributed by atoms with Crippen molar-refractivity contribution < 1.29 is 19.8 Å². The van der Waals surface area contributed by atoms with Crippen LogP contribution in [0.5, 0.6) is 0 Å². The van der Waals surface area contributed by atoms with Crippen LogP contribution >= 0.6 is 0 Å². The van der Waals surface area contributed by atoms with Crippen molar-refractivity contribution in [3.05, 3.63) is 17.5 Å². The second kappa shape index (κ2) is 6.20. The summed E-state index contributed by atoms with van der Waals surface area (Å²) in [5, 5.41) is 23.6. The molecule has 1 aromatic rings. The van der Waals surface area contributed by atoms with Crippen LogP contribution in [-0.2, 0) is 4.79 Å². The lowest BCUT2D eigenvalue weighted by atomic mass is 9.91. The van der Waals surface area contributed by atoms with Gasteiger partial charge in [0.2, 0.25) is 0 Å². The molecule has 2 fully saturated rings. The molecule has 1 aliphatic carbocycles. The standard InChI is InChI=1S/C17H25N3O4/c1-3-11(2)20-14(12-4-5-12)13(10-18-20)15(21)19-8-6-17(24,7-9-19)16(22)23/h10-12,24H,3-9H2,1-2H3,(H,22,23). The summed E-state index contributed by atoms with van der Waals surface area (Å²) in [6.45, 7) is 4.70. The van der Waals surface area contributed by atoms with E-state index in [9.17, 15) is 14.7 Å². The number of carbonyl (C=O) groups excluding carboxylic acids is 1. The molecular weight excluding hydrogens is 310 g/mol. The van der Waals surface area contributed by atoms with E-state index in [1.54, 1.807) is 11.1 Å². The first-order chi connectivity index (χ1) is 11.4. The molecule has 1 unspecified atom stereocenters. The lowest BCUT2D eigenvalue weighted by molar-refractivity contribution is -0.162. The van der Waals surface area contributed by atoms with Crippen LogP contribution in [0.1, 0.15) is 74.0 Å². The number of aromatic nitrogens is 2. The highest BCUT2D eigenvalue weighted by Crippen LogP contribution is 2.43. The number of hydrogen-bond donors (Lipinski definition) is 2. The largest absolute Gasteiger partial charge is 0.479 e. The summed E-state index contributed by atoms with van der Waals surface area (Å²) < 4.78 is 1.97. The Morgan fingerprint density at radius 2 is 2.00 bits per heavy atom. The Bertz CT molecular complexity index is 642. The summed E-state index contributed by atoms with van der Waals surface area (Å²) in [6.07, 6.45) is 4.89. The number of likely N-dealkylation sites (tertiary alicyclic amines) is 1. The third-order valence-corrected chi connectivity index (χ3v) is 5.31. The number of hydrogen-bond acceptors (Lipinski definition) is 4.